The van der Waals surface area contributed by atoms with Gasteiger partial charge >= 0.3 is 5.97 Å². The average molecular weight is 207 g/mol. The highest BCUT2D eigenvalue weighted by molar-refractivity contribution is 9.10. The second-order valence-corrected chi connectivity index (χ2v) is 2.90. The van der Waals surface area contributed by atoms with E-state index in [0.717, 1.165) is 6.42 Å². The Kier molecular flexibility index (Phi) is 5.30. The molecule has 0 saturated heterocycles. The summed E-state index contributed by atoms with van der Waals surface area (Å²) in [5.41, 5.74) is 0. The molecule has 0 aliphatic rings. The van der Waals surface area contributed by atoms with E-state index in [1.165, 1.54) is 0 Å². The fourth-order valence-corrected chi connectivity index (χ4v) is 0.530. The molecule has 0 rings (SSSR count). The van der Waals surface area contributed by atoms with E-state index in [2.05, 4.69) is 22.5 Å². The zero-order valence-electron chi connectivity index (χ0n) is 5.97. The molecule has 0 bridgehead atoms. The maximum absolute atomic E-state index is 10.8. The van der Waals surface area contributed by atoms with Gasteiger partial charge in [-0.15, -0.1) is 0 Å². The Morgan fingerprint density at radius 1 is 1.90 bits per heavy atom. The van der Waals surface area contributed by atoms with Crippen LogP contribution in [-0.4, -0.2) is 17.4 Å². The second kappa shape index (κ2) is 5.47. The third-order valence-corrected chi connectivity index (χ3v) is 1.98. The summed E-state index contributed by atoms with van der Waals surface area (Å²) in [5, 5.41) is 0. The molecule has 0 aromatic heterocycles. The summed E-state index contributed by atoms with van der Waals surface area (Å²) in [4.78, 5) is 10.6. The Hall–Kier alpha value is -0.310. The summed E-state index contributed by atoms with van der Waals surface area (Å²) < 4.78 is 4.74. The summed E-state index contributed by atoms with van der Waals surface area (Å²) in [6.45, 7) is 5.63. The highest BCUT2D eigenvalue weighted by Crippen LogP contribution is 2.05. The molecular weight excluding hydrogens is 196 g/mol. The van der Waals surface area contributed by atoms with E-state index in [4.69, 9.17) is 4.74 Å². The maximum atomic E-state index is 10.8. The van der Waals surface area contributed by atoms with E-state index in [0.29, 0.717) is 6.61 Å². The van der Waals surface area contributed by atoms with Crippen LogP contribution in [0.4, 0.5) is 0 Å². The number of carbonyl (C=O) groups excluding carboxylic acids is 1. The number of carbonyl (C=O) groups is 1. The molecule has 58 valence electrons. The van der Waals surface area contributed by atoms with Crippen LogP contribution in [0.25, 0.3) is 0 Å². The molecule has 1 atom stereocenters. The third-order valence-electron chi connectivity index (χ3n) is 0.958. The van der Waals surface area contributed by atoms with E-state index in [-0.39, 0.29) is 10.8 Å². The van der Waals surface area contributed by atoms with Crippen LogP contribution < -0.4 is 0 Å². The largest absolute Gasteiger partial charge is 0.461 e. The smallest absolute Gasteiger partial charge is 0.320 e. The van der Waals surface area contributed by atoms with Crippen LogP contribution in [0.1, 0.15) is 13.3 Å². The van der Waals surface area contributed by atoms with E-state index < -0.39 is 0 Å². The Morgan fingerprint density at radius 3 is 2.90 bits per heavy atom. The summed E-state index contributed by atoms with van der Waals surface area (Å²) in [6, 6.07) is 0. The minimum absolute atomic E-state index is 0.174. The van der Waals surface area contributed by atoms with Crippen molar-refractivity contribution >= 4 is 21.9 Å². The zero-order valence-corrected chi connectivity index (χ0v) is 7.56. The number of rotatable bonds is 4. The predicted molar refractivity (Wildman–Crippen MR) is 44.2 cm³/mol. The van der Waals surface area contributed by atoms with Crippen molar-refractivity contribution in [2.45, 2.75) is 18.2 Å². The Balaban J connectivity index is 3.51. The van der Waals surface area contributed by atoms with Crippen molar-refractivity contribution in [3.8, 4) is 0 Å². The molecule has 10 heavy (non-hydrogen) atoms. The number of hydrogen-bond acceptors (Lipinski definition) is 2. The van der Waals surface area contributed by atoms with Gasteiger partial charge < -0.3 is 4.74 Å². The van der Waals surface area contributed by atoms with Crippen LogP contribution in [0.3, 0.4) is 0 Å². The number of halogens is 1. The molecule has 0 saturated carbocycles. The van der Waals surface area contributed by atoms with Crippen molar-refractivity contribution in [1.82, 2.24) is 0 Å². The minimum Gasteiger partial charge on any atom is -0.461 e. The second-order valence-electron chi connectivity index (χ2n) is 1.79. The molecule has 0 heterocycles. The van der Waals surface area contributed by atoms with Gasteiger partial charge in [-0.25, -0.2) is 0 Å². The monoisotopic (exact) mass is 206 g/mol. The summed E-state index contributed by atoms with van der Waals surface area (Å²) in [6.07, 6.45) is 2.29. The van der Waals surface area contributed by atoms with Crippen molar-refractivity contribution < 1.29 is 9.53 Å². The Bertz CT molecular complexity index is 123. The Morgan fingerprint density at radius 2 is 2.50 bits per heavy atom. The van der Waals surface area contributed by atoms with Gasteiger partial charge in [-0.3, -0.25) is 4.79 Å². The molecule has 0 radical (unpaired) electrons. The summed E-state index contributed by atoms with van der Waals surface area (Å²) >= 11 is 3.16. The van der Waals surface area contributed by atoms with E-state index in [9.17, 15) is 4.79 Å². The molecule has 0 aliphatic heterocycles. The number of esters is 1. The predicted octanol–water partition coefficient (Wildman–Crippen LogP) is 1.89. The number of ether oxygens (including phenoxy) is 1. The van der Waals surface area contributed by atoms with Gasteiger partial charge in [-0.05, 0) is 6.42 Å². The van der Waals surface area contributed by atoms with Gasteiger partial charge in [0.25, 0.3) is 0 Å². The van der Waals surface area contributed by atoms with Crippen molar-refractivity contribution in [3.63, 3.8) is 0 Å². The zero-order chi connectivity index (χ0) is 7.98. The molecule has 0 fully saturated rings. The summed E-state index contributed by atoms with van der Waals surface area (Å²) in [5.74, 6) is -0.220. The number of hydrogen-bond donors (Lipinski definition) is 0. The maximum Gasteiger partial charge on any atom is 0.320 e. The molecule has 0 aromatic carbocycles. The molecule has 0 N–H and O–H groups in total. The van der Waals surface area contributed by atoms with E-state index in [1.807, 2.05) is 6.92 Å². The molecule has 0 unspecified atom stereocenters. The van der Waals surface area contributed by atoms with Crippen LogP contribution in [0, 0.1) is 0 Å². The summed E-state index contributed by atoms with van der Waals surface area (Å²) in [7, 11) is 0. The standard InChI is InChI=1S/C7H11BrO2/c1-3-5-10-7(9)6(8)4-2/h3,6H,1,4-5H2,2H3/t6-/m1/s1. The molecule has 0 spiro atoms. The first kappa shape index (κ1) is 9.69. The van der Waals surface area contributed by atoms with Gasteiger partial charge in [0.1, 0.15) is 11.4 Å². The van der Waals surface area contributed by atoms with Crippen LogP contribution in [0.5, 0.6) is 0 Å². The minimum atomic E-state index is -0.220. The lowest BCUT2D eigenvalue weighted by molar-refractivity contribution is -0.141. The quantitative estimate of drug-likeness (QED) is 0.399. The van der Waals surface area contributed by atoms with Gasteiger partial charge in [-0.1, -0.05) is 35.5 Å². The lowest BCUT2D eigenvalue weighted by Crippen LogP contribution is -2.16. The van der Waals surface area contributed by atoms with Crippen molar-refractivity contribution in [3.05, 3.63) is 12.7 Å². The molecule has 2 nitrogen and oxygen atoms in total. The molecule has 0 aromatic rings. The van der Waals surface area contributed by atoms with Crippen molar-refractivity contribution in [1.29, 1.82) is 0 Å². The third kappa shape index (κ3) is 3.67. The lowest BCUT2D eigenvalue weighted by Gasteiger charge is -2.04. The van der Waals surface area contributed by atoms with Crippen molar-refractivity contribution in [2.75, 3.05) is 6.61 Å². The van der Waals surface area contributed by atoms with Gasteiger partial charge in [0, 0.05) is 0 Å². The fourth-order valence-electron chi connectivity index (χ4n) is 0.398. The first-order chi connectivity index (χ1) is 4.72. The molecule has 0 aliphatic carbocycles. The molecule has 0 amide bonds. The lowest BCUT2D eigenvalue weighted by atomic mass is 10.3. The van der Waals surface area contributed by atoms with Crippen molar-refractivity contribution in [2.24, 2.45) is 0 Å². The fraction of sp³-hybridized carbons (Fsp3) is 0.571. The number of alkyl halides is 1. The first-order valence-corrected chi connectivity index (χ1v) is 4.05. The first-order valence-electron chi connectivity index (χ1n) is 3.14. The van der Waals surface area contributed by atoms with Crippen LogP contribution in [0.2, 0.25) is 0 Å². The SMILES string of the molecule is C=CCOC(=O)[C@H](Br)CC. The highest BCUT2D eigenvalue weighted by atomic mass is 79.9. The van der Waals surface area contributed by atoms with E-state index in [1.54, 1.807) is 6.08 Å². The van der Waals surface area contributed by atoms with Crippen LogP contribution in [0.15, 0.2) is 12.7 Å². The van der Waals surface area contributed by atoms with E-state index >= 15 is 0 Å². The topological polar surface area (TPSA) is 26.3 Å². The normalized spacial score (nSPS) is 12.2. The molecule has 3 heteroatoms. The van der Waals surface area contributed by atoms with Gasteiger partial charge in [0.05, 0.1) is 0 Å². The van der Waals surface area contributed by atoms with Crippen LogP contribution in [-0.2, 0) is 9.53 Å². The van der Waals surface area contributed by atoms with Gasteiger partial charge in [0.15, 0.2) is 0 Å². The Labute approximate surface area is 69.4 Å². The molecular formula is C7H11BrO2. The van der Waals surface area contributed by atoms with Gasteiger partial charge in [-0.2, -0.15) is 0 Å². The van der Waals surface area contributed by atoms with Gasteiger partial charge in [0.2, 0.25) is 0 Å². The highest BCUT2D eigenvalue weighted by Gasteiger charge is 2.12. The van der Waals surface area contributed by atoms with Crippen LogP contribution >= 0.6 is 15.9 Å². The average Bonchev–Trinajstić information content (AvgIpc) is 1.98.